The molecule has 5 heteroatoms. The molecular weight excluding hydrogens is 318 g/mol. The fourth-order valence-electron chi connectivity index (χ4n) is 3.60. The van der Waals surface area contributed by atoms with E-state index >= 15 is 0 Å². The number of likely N-dealkylation sites (tertiary alicyclic amines) is 1. The van der Waals surface area contributed by atoms with Crippen LogP contribution in [0.4, 0.5) is 0 Å². The molecule has 0 spiro atoms. The molecule has 25 heavy (non-hydrogen) atoms. The van der Waals surface area contributed by atoms with Gasteiger partial charge in [-0.3, -0.25) is 9.69 Å². The average Bonchev–Trinajstić information content (AvgIpc) is 3.12. The summed E-state index contributed by atoms with van der Waals surface area (Å²) >= 11 is 0. The number of rotatable bonds is 6. The minimum Gasteiger partial charge on any atom is -0.497 e. The van der Waals surface area contributed by atoms with Gasteiger partial charge in [0.1, 0.15) is 17.5 Å². The van der Waals surface area contributed by atoms with Gasteiger partial charge in [-0.1, -0.05) is 30.3 Å². The molecule has 0 aromatic heterocycles. The van der Waals surface area contributed by atoms with Crippen molar-refractivity contribution in [1.82, 2.24) is 4.90 Å². The van der Waals surface area contributed by atoms with Crippen LogP contribution in [0.15, 0.2) is 48.5 Å². The van der Waals surface area contributed by atoms with Crippen molar-refractivity contribution < 1.29 is 19.4 Å². The summed E-state index contributed by atoms with van der Waals surface area (Å²) in [5.74, 6) is 0.675. The molecule has 2 aromatic rings. The number of methoxy groups -OCH3 is 2. The fraction of sp³-hybridized carbons (Fsp3) is 0.350. The minimum atomic E-state index is -0.778. The Morgan fingerprint density at radius 2 is 1.92 bits per heavy atom. The van der Waals surface area contributed by atoms with Gasteiger partial charge in [0.05, 0.1) is 20.3 Å². The van der Waals surface area contributed by atoms with Crippen molar-refractivity contribution in [3.8, 4) is 11.5 Å². The Morgan fingerprint density at radius 1 is 1.16 bits per heavy atom. The molecular formula is C20H23NO4. The van der Waals surface area contributed by atoms with Crippen LogP contribution < -0.4 is 9.47 Å². The summed E-state index contributed by atoms with van der Waals surface area (Å²) in [6.07, 6.45) is 1.53. The number of carboxylic acids is 1. The molecule has 1 aliphatic heterocycles. The lowest BCUT2D eigenvalue weighted by Gasteiger charge is -2.33. The van der Waals surface area contributed by atoms with E-state index in [-0.39, 0.29) is 6.04 Å². The van der Waals surface area contributed by atoms with Gasteiger partial charge >= 0.3 is 5.97 Å². The number of nitrogens with zero attached hydrogens (tertiary/aromatic N) is 1. The predicted molar refractivity (Wildman–Crippen MR) is 95.2 cm³/mol. The van der Waals surface area contributed by atoms with Gasteiger partial charge in [-0.05, 0) is 36.6 Å². The second-order valence-electron chi connectivity index (χ2n) is 6.16. The van der Waals surface area contributed by atoms with Crippen LogP contribution in [0.25, 0.3) is 0 Å². The normalized spacial score (nSPS) is 18.7. The van der Waals surface area contributed by atoms with Crippen molar-refractivity contribution >= 4 is 5.97 Å². The molecule has 1 fully saturated rings. The van der Waals surface area contributed by atoms with Gasteiger partial charge in [0.25, 0.3) is 0 Å². The zero-order valence-electron chi connectivity index (χ0n) is 14.5. The molecule has 5 nitrogen and oxygen atoms in total. The average molecular weight is 341 g/mol. The Labute approximate surface area is 147 Å². The van der Waals surface area contributed by atoms with E-state index in [1.54, 1.807) is 14.2 Å². The number of hydrogen-bond donors (Lipinski definition) is 1. The maximum absolute atomic E-state index is 11.8. The zero-order chi connectivity index (χ0) is 17.8. The van der Waals surface area contributed by atoms with E-state index in [2.05, 4.69) is 4.90 Å². The molecule has 1 aliphatic rings. The Hall–Kier alpha value is -2.53. The molecule has 1 N–H and O–H groups in total. The summed E-state index contributed by atoms with van der Waals surface area (Å²) in [6.45, 7) is 0.733. The molecule has 2 atom stereocenters. The largest absolute Gasteiger partial charge is 0.497 e. The topological polar surface area (TPSA) is 59.0 Å². The van der Waals surface area contributed by atoms with Crippen molar-refractivity contribution in [3.63, 3.8) is 0 Å². The number of aliphatic carboxylic acids is 1. The highest BCUT2D eigenvalue weighted by atomic mass is 16.5. The van der Waals surface area contributed by atoms with E-state index in [0.29, 0.717) is 6.42 Å². The first-order valence-corrected chi connectivity index (χ1v) is 8.41. The first-order valence-electron chi connectivity index (χ1n) is 8.41. The van der Waals surface area contributed by atoms with Gasteiger partial charge < -0.3 is 14.6 Å². The third kappa shape index (κ3) is 3.46. The fourth-order valence-corrected chi connectivity index (χ4v) is 3.60. The molecule has 2 unspecified atom stereocenters. The van der Waals surface area contributed by atoms with Crippen molar-refractivity contribution in [1.29, 1.82) is 0 Å². The summed E-state index contributed by atoms with van der Waals surface area (Å²) < 4.78 is 11.0. The molecule has 2 aromatic carbocycles. The monoisotopic (exact) mass is 341 g/mol. The zero-order valence-corrected chi connectivity index (χ0v) is 14.5. The van der Waals surface area contributed by atoms with Crippen LogP contribution in [0.5, 0.6) is 11.5 Å². The van der Waals surface area contributed by atoms with Gasteiger partial charge in [-0.15, -0.1) is 0 Å². The summed E-state index contributed by atoms with van der Waals surface area (Å²) in [5, 5.41) is 9.66. The maximum Gasteiger partial charge on any atom is 0.320 e. The van der Waals surface area contributed by atoms with E-state index in [4.69, 9.17) is 9.47 Å². The molecule has 132 valence electrons. The highest BCUT2D eigenvalue weighted by molar-refractivity contribution is 5.74. The molecule has 0 saturated carbocycles. The number of benzene rings is 2. The van der Waals surface area contributed by atoms with Crippen LogP contribution in [0.2, 0.25) is 0 Å². The van der Waals surface area contributed by atoms with Crippen molar-refractivity contribution in [3.05, 3.63) is 59.7 Å². The third-order valence-corrected chi connectivity index (χ3v) is 4.76. The second-order valence-corrected chi connectivity index (χ2v) is 6.16. The van der Waals surface area contributed by atoms with E-state index in [1.807, 2.05) is 48.5 Å². The lowest BCUT2D eigenvalue weighted by molar-refractivity contribution is -0.142. The summed E-state index contributed by atoms with van der Waals surface area (Å²) in [7, 11) is 3.26. The Kier molecular flexibility index (Phi) is 5.24. The van der Waals surface area contributed by atoms with Crippen LogP contribution in [0.3, 0.4) is 0 Å². The molecule has 0 aliphatic carbocycles. The van der Waals surface area contributed by atoms with Crippen LogP contribution in [-0.2, 0) is 4.79 Å². The SMILES string of the molecule is COc1ccc(OC)c(C(c2ccccc2)N2CCCC2C(=O)O)c1. The molecule has 0 bridgehead atoms. The van der Waals surface area contributed by atoms with Gasteiger partial charge in [0.2, 0.25) is 0 Å². The minimum absolute atomic E-state index is 0.199. The van der Waals surface area contributed by atoms with E-state index in [1.165, 1.54) is 0 Å². The lowest BCUT2D eigenvalue weighted by Crippen LogP contribution is -2.39. The highest BCUT2D eigenvalue weighted by Crippen LogP contribution is 2.40. The number of carbonyl (C=O) groups is 1. The number of ether oxygens (including phenoxy) is 2. The van der Waals surface area contributed by atoms with Gasteiger partial charge in [0.15, 0.2) is 0 Å². The van der Waals surface area contributed by atoms with Crippen molar-refractivity contribution in [2.75, 3.05) is 20.8 Å². The van der Waals surface area contributed by atoms with Crippen molar-refractivity contribution in [2.24, 2.45) is 0 Å². The van der Waals surface area contributed by atoms with Crippen molar-refractivity contribution in [2.45, 2.75) is 24.9 Å². The van der Waals surface area contributed by atoms with Gasteiger partial charge in [-0.2, -0.15) is 0 Å². The van der Waals surface area contributed by atoms with Crippen LogP contribution >= 0.6 is 0 Å². The molecule has 1 saturated heterocycles. The standard InChI is InChI=1S/C20H23NO4/c1-24-15-10-11-18(25-2)16(13-15)19(14-7-4-3-5-8-14)21-12-6-9-17(21)20(22)23/h3-5,7-8,10-11,13,17,19H,6,9,12H2,1-2H3,(H,22,23). The summed E-state index contributed by atoms with van der Waals surface area (Å²) in [4.78, 5) is 13.8. The van der Waals surface area contributed by atoms with E-state index in [0.717, 1.165) is 35.6 Å². The maximum atomic E-state index is 11.8. The van der Waals surface area contributed by atoms with Crippen LogP contribution in [0.1, 0.15) is 30.0 Å². The molecule has 3 rings (SSSR count). The van der Waals surface area contributed by atoms with E-state index < -0.39 is 12.0 Å². The third-order valence-electron chi connectivity index (χ3n) is 4.76. The van der Waals surface area contributed by atoms with Gasteiger partial charge in [-0.25, -0.2) is 0 Å². The lowest BCUT2D eigenvalue weighted by atomic mass is 9.95. The first kappa shape index (κ1) is 17.3. The Bertz CT molecular complexity index is 732. The number of carboxylic acid groups (broad SMARTS) is 1. The number of hydrogen-bond acceptors (Lipinski definition) is 4. The Balaban J connectivity index is 2.14. The quantitative estimate of drug-likeness (QED) is 0.873. The molecule has 0 radical (unpaired) electrons. The predicted octanol–water partition coefficient (Wildman–Crippen LogP) is 3.34. The van der Waals surface area contributed by atoms with E-state index in [9.17, 15) is 9.90 Å². The molecule has 1 heterocycles. The second kappa shape index (κ2) is 7.57. The summed E-state index contributed by atoms with van der Waals surface area (Å²) in [6, 6.07) is 14.9. The molecule has 0 amide bonds. The van der Waals surface area contributed by atoms with Crippen LogP contribution in [0, 0.1) is 0 Å². The van der Waals surface area contributed by atoms with Gasteiger partial charge in [0, 0.05) is 12.1 Å². The highest BCUT2D eigenvalue weighted by Gasteiger charge is 2.38. The summed E-state index contributed by atoms with van der Waals surface area (Å²) in [5.41, 5.74) is 1.96. The van der Waals surface area contributed by atoms with Crippen LogP contribution in [-0.4, -0.2) is 42.8 Å². The Morgan fingerprint density at radius 3 is 2.56 bits per heavy atom. The first-order chi connectivity index (χ1) is 12.2. The smallest absolute Gasteiger partial charge is 0.320 e.